The summed E-state index contributed by atoms with van der Waals surface area (Å²) in [6.45, 7) is 8.81. The second kappa shape index (κ2) is 6.43. The summed E-state index contributed by atoms with van der Waals surface area (Å²) in [5.41, 5.74) is 2.02. The first kappa shape index (κ1) is 14.3. The highest BCUT2D eigenvalue weighted by atomic mass is 15.2. The highest BCUT2D eigenvalue weighted by Gasteiger charge is 2.42. The number of hydrogen-bond acceptors (Lipinski definition) is 1. The molecule has 0 saturated carbocycles. The molecule has 110 valence electrons. The van der Waals surface area contributed by atoms with Crippen molar-refractivity contribution in [3.05, 3.63) is 48.0 Å². The largest absolute Gasteiger partial charge is 0.338 e. The van der Waals surface area contributed by atoms with Gasteiger partial charge >= 0.3 is 0 Å². The van der Waals surface area contributed by atoms with Crippen LogP contribution in [0.15, 0.2) is 36.9 Å². The number of fused-ring (bicyclic) bond motifs is 3. The summed E-state index contributed by atoms with van der Waals surface area (Å²) in [6.07, 6.45) is 4.92. The Kier molecular flexibility index (Phi) is 4.38. The number of piperidine rings is 3. The van der Waals surface area contributed by atoms with Gasteiger partial charge in [0.15, 0.2) is 0 Å². The minimum atomic E-state index is 0.748. The molecule has 4 atom stereocenters. The SMILES string of the molecule is C=C[C@H]1C[NH+]2CC[C@H]1C[C@@H]2C[NH2+]Cc1cccc(C#N)c1. The third-order valence-corrected chi connectivity index (χ3v) is 5.29. The van der Waals surface area contributed by atoms with Crippen molar-refractivity contribution in [1.29, 1.82) is 5.26 Å². The average molecular weight is 283 g/mol. The zero-order valence-electron chi connectivity index (χ0n) is 12.6. The summed E-state index contributed by atoms with van der Waals surface area (Å²) in [5, 5.41) is 11.4. The van der Waals surface area contributed by atoms with Gasteiger partial charge in [-0.3, -0.25) is 0 Å². The van der Waals surface area contributed by atoms with Gasteiger partial charge in [0.1, 0.15) is 19.1 Å². The maximum Gasteiger partial charge on any atom is 0.137 e. The van der Waals surface area contributed by atoms with E-state index in [0.29, 0.717) is 0 Å². The molecule has 3 fully saturated rings. The van der Waals surface area contributed by atoms with Crippen molar-refractivity contribution < 1.29 is 10.2 Å². The lowest BCUT2D eigenvalue weighted by Crippen LogP contribution is -3.21. The molecule has 0 radical (unpaired) electrons. The number of nitrogens with two attached hydrogens (primary N) is 1. The fraction of sp³-hybridized carbons (Fsp3) is 0.500. The van der Waals surface area contributed by atoms with E-state index in [-0.39, 0.29) is 0 Å². The van der Waals surface area contributed by atoms with Crippen LogP contribution in [0.25, 0.3) is 0 Å². The van der Waals surface area contributed by atoms with Crippen molar-refractivity contribution in [2.75, 3.05) is 19.6 Å². The Labute approximate surface area is 127 Å². The lowest BCUT2D eigenvalue weighted by Gasteiger charge is -2.45. The van der Waals surface area contributed by atoms with E-state index in [9.17, 15) is 0 Å². The van der Waals surface area contributed by atoms with Crippen LogP contribution < -0.4 is 10.2 Å². The molecule has 2 bridgehead atoms. The van der Waals surface area contributed by atoms with Crippen LogP contribution in [0.4, 0.5) is 0 Å². The maximum absolute atomic E-state index is 8.94. The number of hydrogen-bond donors (Lipinski definition) is 2. The summed E-state index contributed by atoms with van der Waals surface area (Å²) >= 11 is 0. The molecule has 0 aliphatic carbocycles. The van der Waals surface area contributed by atoms with E-state index in [2.05, 4.69) is 30.1 Å². The Morgan fingerprint density at radius 1 is 1.48 bits per heavy atom. The van der Waals surface area contributed by atoms with E-state index < -0.39 is 0 Å². The third kappa shape index (κ3) is 3.18. The molecule has 3 nitrogen and oxygen atoms in total. The molecule has 1 aromatic carbocycles. The van der Waals surface area contributed by atoms with E-state index in [1.54, 1.807) is 4.90 Å². The molecular weight excluding hydrogens is 258 g/mol. The predicted molar refractivity (Wildman–Crippen MR) is 82.5 cm³/mol. The molecule has 1 unspecified atom stereocenters. The van der Waals surface area contributed by atoms with Crippen LogP contribution in [-0.4, -0.2) is 25.7 Å². The fourth-order valence-corrected chi connectivity index (χ4v) is 4.11. The van der Waals surface area contributed by atoms with Crippen molar-refractivity contribution in [1.82, 2.24) is 0 Å². The lowest BCUT2D eigenvalue weighted by atomic mass is 9.75. The Morgan fingerprint density at radius 2 is 2.38 bits per heavy atom. The van der Waals surface area contributed by atoms with Crippen LogP contribution in [-0.2, 0) is 6.54 Å². The normalized spacial score (nSPS) is 30.8. The van der Waals surface area contributed by atoms with Gasteiger partial charge in [-0.25, -0.2) is 0 Å². The van der Waals surface area contributed by atoms with E-state index in [4.69, 9.17) is 5.26 Å². The Hall–Kier alpha value is -1.63. The predicted octanol–water partition coefficient (Wildman–Crippen LogP) is 0.101. The van der Waals surface area contributed by atoms with Crippen LogP contribution in [0.2, 0.25) is 0 Å². The number of nitrogens with one attached hydrogen (secondary N) is 1. The van der Waals surface area contributed by atoms with Crippen molar-refractivity contribution in [3.8, 4) is 6.07 Å². The molecule has 3 N–H and O–H groups in total. The zero-order chi connectivity index (χ0) is 14.7. The van der Waals surface area contributed by atoms with Gasteiger partial charge in [-0.15, -0.1) is 6.58 Å². The van der Waals surface area contributed by atoms with Gasteiger partial charge in [0.05, 0.1) is 24.7 Å². The van der Waals surface area contributed by atoms with Gasteiger partial charge in [0, 0.05) is 24.3 Å². The van der Waals surface area contributed by atoms with Crippen LogP contribution in [0, 0.1) is 23.2 Å². The number of rotatable bonds is 5. The number of nitrogens with zero attached hydrogens (tertiary/aromatic N) is 1. The van der Waals surface area contributed by atoms with Gasteiger partial charge < -0.3 is 10.2 Å². The Morgan fingerprint density at radius 3 is 3.10 bits per heavy atom. The van der Waals surface area contributed by atoms with E-state index in [0.717, 1.165) is 30.0 Å². The maximum atomic E-state index is 8.94. The summed E-state index contributed by atoms with van der Waals surface area (Å²) < 4.78 is 0. The summed E-state index contributed by atoms with van der Waals surface area (Å²) in [4.78, 5) is 1.78. The molecule has 3 heteroatoms. The Balaban J connectivity index is 1.50. The van der Waals surface area contributed by atoms with Gasteiger partial charge in [0.2, 0.25) is 0 Å². The number of nitriles is 1. The lowest BCUT2D eigenvalue weighted by molar-refractivity contribution is -0.958. The first-order valence-electron chi connectivity index (χ1n) is 8.08. The summed E-state index contributed by atoms with van der Waals surface area (Å²) in [6, 6.07) is 11.0. The van der Waals surface area contributed by atoms with E-state index in [1.165, 1.54) is 38.0 Å². The highest BCUT2D eigenvalue weighted by molar-refractivity contribution is 5.32. The molecular formula is C18H25N3+2. The van der Waals surface area contributed by atoms with Gasteiger partial charge in [-0.1, -0.05) is 18.2 Å². The van der Waals surface area contributed by atoms with Gasteiger partial charge in [-0.05, 0) is 18.1 Å². The first-order valence-corrected chi connectivity index (χ1v) is 8.08. The van der Waals surface area contributed by atoms with Crippen molar-refractivity contribution in [3.63, 3.8) is 0 Å². The molecule has 3 saturated heterocycles. The molecule has 4 rings (SSSR count). The smallest absolute Gasteiger partial charge is 0.137 e. The first-order chi connectivity index (χ1) is 10.3. The third-order valence-electron chi connectivity index (χ3n) is 5.29. The van der Waals surface area contributed by atoms with Crippen molar-refractivity contribution in [2.45, 2.75) is 25.4 Å². The molecule has 3 aliphatic heterocycles. The van der Waals surface area contributed by atoms with Crippen LogP contribution in [0.5, 0.6) is 0 Å². The molecule has 0 aromatic heterocycles. The topological polar surface area (TPSA) is 44.8 Å². The molecule has 21 heavy (non-hydrogen) atoms. The Bertz CT molecular complexity index is 546. The quantitative estimate of drug-likeness (QED) is 0.740. The van der Waals surface area contributed by atoms with Crippen LogP contribution >= 0.6 is 0 Å². The van der Waals surface area contributed by atoms with E-state index in [1.807, 2.05) is 18.2 Å². The van der Waals surface area contributed by atoms with Crippen LogP contribution in [0.3, 0.4) is 0 Å². The minimum absolute atomic E-state index is 0.748. The van der Waals surface area contributed by atoms with E-state index >= 15 is 0 Å². The second-order valence-corrected chi connectivity index (χ2v) is 6.53. The van der Waals surface area contributed by atoms with Crippen LogP contribution in [0.1, 0.15) is 24.0 Å². The average Bonchev–Trinajstić information content (AvgIpc) is 2.55. The number of quaternary nitrogens is 2. The molecule has 0 amide bonds. The molecule has 1 aromatic rings. The van der Waals surface area contributed by atoms with Gasteiger partial charge in [-0.2, -0.15) is 5.26 Å². The van der Waals surface area contributed by atoms with Crippen molar-refractivity contribution in [2.24, 2.45) is 11.8 Å². The van der Waals surface area contributed by atoms with Gasteiger partial charge in [0.25, 0.3) is 0 Å². The molecule has 3 aliphatic rings. The highest BCUT2D eigenvalue weighted by Crippen LogP contribution is 2.26. The standard InChI is InChI=1S/C18H23N3/c1-2-16-13-21-7-6-17(16)9-18(21)12-20-11-15-5-3-4-14(8-15)10-19/h2-5,8,16-18,20H,1,6-7,9,11-13H2/p+2/t16-,17-,18+/m0/s1. The second-order valence-electron chi connectivity index (χ2n) is 6.53. The summed E-state index contributed by atoms with van der Waals surface area (Å²) in [5.74, 6) is 1.62. The van der Waals surface area contributed by atoms with Crippen molar-refractivity contribution >= 4 is 0 Å². The molecule has 0 spiro atoms. The number of benzene rings is 1. The fourth-order valence-electron chi connectivity index (χ4n) is 4.11. The monoisotopic (exact) mass is 283 g/mol. The molecule has 3 heterocycles. The zero-order valence-corrected chi connectivity index (χ0v) is 12.6. The summed E-state index contributed by atoms with van der Waals surface area (Å²) in [7, 11) is 0. The minimum Gasteiger partial charge on any atom is -0.338 e.